The number of aliphatic carboxylic acids is 1. The van der Waals surface area contributed by atoms with Gasteiger partial charge in [0.15, 0.2) is 0 Å². The molecule has 1 rings (SSSR count). The van der Waals surface area contributed by atoms with E-state index in [0.717, 1.165) is 0 Å². The van der Waals surface area contributed by atoms with Crippen LogP contribution in [0.3, 0.4) is 0 Å². The molecule has 1 fully saturated rings. The van der Waals surface area contributed by atoms with E-state index in [-0.39, 0.29) is 18.2 Å². The fourth-order valence-corrected chi connectivity index (χ4v) is 3.83. The van der Waals surface area contributed by atoms with Gasteiger partial charge >= 0.3 is 5.97 Å². The monoisotopic (exact) mass is 470 g/mol. The van der Waals surface area contributed by atoms with Crippen LogP contribution in [0.15, 0.2) is 0 Å². The van der Waals surface area contributed by atoms with Crippen LogP contribution in [0.5, 0.6) is 0 Å². The number of primary amides is 1. The molecule has 0 aromatic heterocycles. The molecule has 4 amide bonds. The Balaban J connectivity index is 2.91. The SMILES string of the molecule is CC(C)CC(N)C(=O)N1CCCC1C(=O)NC(CCCCN)C(=O)NC(CC(N)=O)C(=O)O. The molecule has 4 unspecified atom stereocenters. The van der Waals surface area contributed by atoms with Crippen LogP contribution in [0.25, 0.3) is 0 Å². The van der Waals surface area contributed by atoms with Gasteiger partial charge in [-0.25, -0.2) is 4.79 Å². The maximum Gasteiger partial charge on any atom is 0.326 e. The van der Waals surface area contributed by atoms with Gasteiger partial charge in [0.05, 0.1) is 12.5 Å². The lowest BCUT2D eigenvalue weighted by molar-refractivity contribution is -0.144. The highest BCUT2D eigenvalue weighted by atomic mass is 16.4. The van der Waals surface area contributed by atoms with Gasteiger partial charge in [-0.3, -0.25) is 19.2 Å². The van der Waals surface area contributed by atoms with E-state index in [9.17, 15) is 29.1 Å². The molecule has 0 saturated carbocycles. The highest BCUT2D eigenvalue weighted by molar-refractivity contribution is 5.95. The third kappa shape index (κ3) is 9.34. The van der Waals surface area contributed by atoms with Gasteiger partial charge in [-0.1, -0.05) is 13.8 Å². The minimum atomic E-state index is -1.51. The molecule has 188 valence electrons. The van der Waals surface area contributed by atoms with Crippen LogP contribution >= 0.6 is 0 Å². The first-order valence-corrected chi connectivity index (χ1v) is 11.4. The zero-order valence-corrected chi connectivity index (χ0v) is 19.4. The zero-order valence-electron chi connectivity index (χ0n) is 19.4. The first-order valence-electron chi connectivity index (χ1n) is 11.4. The predicted octanol–water partition coefficient (Wildman–Crippen LogP) is -1.59. The number of nitrogens with two attached hydrogens (primary N) is 3. The lowest BCUT2D eigenvalue weighted by Crippen LogP contribution is -2.57. The van der Waals surface area contributed by atoms with Crippen LogP contribution in [0, 0.1) is 5.92 Å². The van der Waals surface area contributed by atoms with Gasteiger partial charge in [0.2, 0.25) is 23.6 Å². The Morgan fingerprint density at radius 3 is 2.30 bits per heavy atom. The quantitative estimate of drug-likeness (QED) is 0.162. The number of rotatable bonds is 14. The fourth-order valence-electron chi connectivity index (χ4n) is 3.83. The largest absolute Gasteiger partial charge is 0.480 e. The molecule has 0 aliphatic carbocycles. The van der Waals surface area contributed by atoms with Crippen molar-refractivity contribution in [3.05, 3.63) is 0 Å². The maximum atomic E-state index is 13.0. The molecule has 0 aromatic rings. The van der Waals surface area contributed by atoms with Crippen molar-refractivity contribution < 1.29 is 29.1 Å². The first-order chi connectivity index (χ1) is 15.5. The number of carbonyl (C=O) groups excluding carboxylic acids is 4. The molecule has 0 aromatic carbocycles. The molecule has 0 bridgehead atoms. The Morgan fingerprint density at radius 1 is 1.09 bits per heavy atom. The molecule has 4 atom stereocenters. The molecule has 1 saturated heterocycles. The number of hydrogen-bond acceptors (Lipinski definition) is 7. The zero-order chi connectivity index (χ0) is 25.1. The van der Waals surface area contributed by atoms with E-state index in [4.69, 9.17) is 17.2 Å². The predicted molar refractivity (Wildman–Crippen MR) is 120 cm³/mol. The molecule has 0 spiro atoms. The van der Waals surface area contributed by atoms with Gasteiger partial charge in [-0.2, -0.15) is 0 Å². The lowest BCUT2D eigenvalue weighted by Gasteiger charge is -2.29. The summed E-state index contributed by atoms with van der Waals surface area (Å²) in [6, 6.07) is -4.04. The van der Waals surface area contributed by atoms with Gasteiger partial charge in [0.25, 0.3) is 0 Å². The maximum absolute atomic E-state index is 13.0. The number of nitrogens with zero attached hydrogens (tertiary/aromatic N) is 1. The molecule has 12 heteroatoms. The first kappa shape index (κ1) is 28.3. The van der Waals surface area contributed by atoms with E-state index in [2.05, 4.69) is 10.6 Å². The van der Waals surface area contributed by atoms with Gasteiger partial charge in [0, 0.05) is 6.54 Å². The van der Waals surface area contributed by atoms with E-state index < -0.39 is 54.3 Å². The van der Waals surface area contributed by atoms with Crippen LogP contribution in [0.4, 0.5) is 0 Å². The Kier molecular flexibility index (Phi) is 11.8. The molecule has 1 aliphatic heterocycles. The number of carboxylic acid groups (broad SMARTS) is 1. The summed E-state index contributed by atoms with van der Waals surface area (Å²) in [6.45, 7) is 4.69. The summed E-state index contributed by atoms with van der Waals surface area (Å²) in [7, 11) is 0. The number of unbranched alkanes of at least 4 members (excludes halogenated alkanes) is 1. The van der Waals surface area contributed by atoms with Crippen molar-refractivity contribution in [2.24, 2.45) is 23.1 Å². The van der Waals surface area contributed by atoms with E-state index in [1.54, 1.807) is 0 Å². The second-order valence-corrected chi connectivity index (χ2v) is 8.84. The summed E-state index contributed by atoms with van der Waals surface area (Å²) in [5, 5.41) is 14.2. The van der Waals surface area contributed by atoms with Crippen LogP contribution < -0.4 is 27.8 Å². The van der Waals surface area contributed by atoms with Crippen LogP contribution in [0.2, 0.25) is 0 Å². The summed E-state index contributed by atoms with van der Waals surface area (Å²) in [5.41, 5.74) is 16.6. The van der Waals surface area contributed by atoms with E-state index in [0.29, 0.717) is 45.2 Å². The molecule has 0 radical (unpaired) electrons. The Bertz CT molecular complexity index is 715. The normalized spacial score (nSPS) is 18.5. The number of amides is 4. The second kappa shape index (κ2) is 13.7. The van der Waals surface area contributed by atoms with Crippen molar-refractivity contribution >= 4 is 29.6 Å². The number of likely N-dealkylation sites (tertiary alicyclic amines) is 1. The fraction of sp³-hybridized carbons (Fsp3) is 0.762. The van der Waals surface area contributed by atoms with Crippen molar-refractivity contribution in [2.45, 2.75) is 83.0 Å². The molecule has 9 N–H and O–H groups in total. The third-order valence-electron chi connectivity index (χ3n) is 5.48. The number of carbonyl (C=O) groups is 5. The van der Waals surface area contributed by atoms with Crippen LogP contribution in [-0.4, -0.2) is 76.9 Å². The number of hydrogen-bond donors (Lipinski definition) is 6. The minimum Gasteiger partial charge on any atom is -0.480 e. The Hall–Kier alpha value is -2.73. The van der Waals surface area contributed by atoms with Gasteiger partial charge < -0.3 is 37.8 Å². The van der Waals surface area contributed by atoms with E-state index >= 15 is 0 Å². The summed E-state index contributed by atoms with van der Waals surface area (Å²) in [4.78, 5) is 62.5. The smallest absolute Gasteiger partial charge is 0.326 e. The molecule has 1 aliphatic rings. The molecular weight excluding hydrogens is 432 g/mol. The third-order valence-corrected chi connectivity index (χ3v) is 5.48. The summed E-state index contributed by atoms with van der Waals surface area (Å²) >= 11 is 0. The topological polar surface area (TPSA) is 211 Å². The molecular formula is C21H38N6O6. The summed E-state index contributed by atoms with van der Waals surface area (Å²) < 4.78 is 0. The van der Waals surface area contributed by atoms with Crippen molar-refractivity contribution in [1.82, 2.24) is 15.5 Å². The summed E-state index contributed by atoms with van der Waals surface area (Å²) in [6.07, 6.45) is 2.29. The van der Waals surface area contributed by atoms with Crippen molar-refractivity contribution in [3.8, 4) is 0 Å². The standard InChI is InChI=1S/C21H38N6O6/c1-12(2)10-13(23)20(31)27-9-5-7-16(27)19(30)25-14(6-3-4-8-22)18(29)26-15(21(32)33)11-17(24)28/h12-16H,3-11,22-23H2,1-2H3,(H2,24,28)(H,25,30)(H,26,29)(H,32,33). The van der Waals surface area contributed by atoms with Gasteiger partial charge in [-0.15, -0.1) is 0 Å². The average Bonchev–Trinajstić information content (AvgIpc) is 3.20. The second-order valence-electron chi connectivity index (χ2n) is 8.84. The van der Waals surface area contributed by atoms with Crippen LogP contribution in [0.1, 0.15) is 58.8 Å². The Labute approximate surface area is 194 Å². The average molecular weight is 471 g/mol. The number of carboxylic acids is 1. The van der Waals surface area contributed by atoms with Crippen molar-refractivity contribution in [2.75, 3.05) is 13.1 Å². The van der Waals surface area contributed by atoms with Crippen LogP contribution in [-0.2, 0) is 24.0 Å². The van der Waals surface area contributed by atoms with E-state index in [1.165, 1.54) is 4.90 Å². The molecule has 1 heterocycles. The molecule has 12 nitrogen and oxygen atoms in total. The highest BCUT2D eigenvalue weighted by Gasteiger charge is 2.38. The van der Waals surface area contributed by atoms with Gasteiger partial charge in [-0.05, 0) is 51.0 Å². The van der Waals surface area contributed by atoms with E-state index in [1.807, 2.05) is 13.8 Å². The van der Waals surface area contributed by atoms with Gasteiger partial charge in [0.1, 0.15) is 18.1 Å². The Morgan fingerprint density at radius 2 is 1.76 bits per heavy atom. The van der Waals surface area contributed by atoms with Crippen molar-refractivity contribution in [3.63, 3.8) is 0 Å². The minimum absolute atomic E-state index is 0.214. The highest BCUT2D eigenvalue weighted by Crippen LogP contribution is 2.20. The molecule has 33 heavy (non-hydrogen) atoms. The number of nitrogens with one attached hydrogen (secondary N) is 2. The van der Waals surface area contributed by atoms with Crippen molar-refractivity contribution in [1.29, 1.82) is 0 Å². The lowest BCUT2D eigenvalue weighted by atomic mass is 10.0. The summed E-state index contributed by atoms with van der Waals surface area (Å²) in [5.74, 6) is -3.64.